The zero-order valence-corrected chi connectivity index (χ0v) is 18.3. The maximum atomic E-state index is 13.5. The smallest absolute Gasteiger partial charge is 0.332 e. The van der Waals surface area contributed by atoms with Crippen LogP contribution in [0.1, 0.15) is 17.5 Å². The lowest BCUT2D eigenvalue weighted by Crippen LogP contribution is -2.37. The summed E-state index contributed by atoms with van der Waals surface area (Å²) in [7, 11) is 0. The number of aliphatic imine (C=N–C) groups is 1. The van der Waals surface area contributed by atoms with Gasteiger partial charge in [0.15, 0.2) is 5.54 Å². The Morgan fingerprint density at radius 2 is 2.03 bits per heavy atom. The molecule has 4 rings (SSSR count). The summed E-state index contributed by atoms with van der Waals surface area (Å²) in [5.74, 6) is -0.231. The number of amides is 1. The number of rotatable bonds is 8. The molecule has 2 aromatic carbocycles. The number of benzene rings is 2. The lowest BCUT2D eigenvalue weighted by Gasteiger charge is -2.20. The monoisotopic (exact) mass is 456 g/mol. The Labute approximate surface area is 188 Å². The summed E-state index contributed by atoms with van der Waals surface area (Å²) in [6, 6.07) is 13.9. The molecule has 0 radical (unpaired) electrons. The van der Waals surface area contributed by atoms with E-state index >= 15 is 0 Å². The summed E-state index contributed by atoms with van der Waals surface area (Å²) in [6.45, 7) is 0. The van der Waals surface area contributed by atoms with E-state index in [-0.39, 0.29) is 17.5 Å². The topological polar surface area (TPSA) is 78.8 Å². The first kappa shape index (κ1) is 21.6. The fourth-order valence-electron chi connectivity index (χ4n) is 3.68. The minimum atomic E-state index is -1.21. The number of carbonyl (C=O) groups excluding carboxylic acids is 1. The predicted molar refractivity (Wildman–Crippen MR) is 125 cm³/mol. The first-order valence-electron chi connectivity index (χ1n) is 9.79. The van der Waals surface area contributed by atoms with Crippen LogP contribution >= 0.6 is 23.5 Å². The molecule has 8 heteroatoms. The Hall–Kier alpha value is -2.58. The van der Waals surface area contributed by atoms with Crippen molar-refractivity contribution in [2.24, 2.45) is 4.99 Å². The van der Waals surface area contributed by atoms with Crippen molar-refractivity contribution in [1.82, 2.24) is 0 Å². The lowest BCUT2D eigenvalue weighted by molar-refractivity contribution is -0.142. The zero-order chi connectivity index (χ0) is 21.8. The maximum Gasteiger partial charge on any atom is 0.332 e. The molecule has 2 N–H and O–H groups in total. The molecule has 0 fully saturated rings. The first-order chi connectivity index (χ1) is 14.9. The van der Waals surface area contributed by atoms with Gasteiger partial charge in [0.05, 0.1) is 10.8 Å². The quantitative estimate of drug-likeness (QED) is 0.612. The number of fused-ring (bicyclic) bond motifs is 1. The molecule has 1 amide bonds. The van der Waals surface area contributed by atoms with Crippen molar-refractivity contribution in [3.05, 3.63) is 71.0 Å². The van der Waals surface area contributed by atoms with E-state index in [2.05, 4.69) is 10.3 Å². The van der Waals surface area contributed by atoms with Crippen LogP contribution in [-0.2, 0) is 16.0 Å². The van der Waals surface area contributed by atoms with Crippen LogP contribution in [0.4, 0.5) is 10.1 Å². The maximum absolute atomic E-state index is 13.5. The fourth-order valence-corrected chi connectivity index (χ4v) is 5.80. The van der Waals surface area contributed by atoms with Crippen LogP contribution in [0.2, 0.25) is 0 Å². The SMILES string of the molecule is O=C(CSCC1=NC(CC2=Cc3ccc(F)cc3C2)(C(=O)O)CS1)Nc1ccccc1. The average Bonchev–Trinajstić information content (AvgIpc) is 3.33. The number of carboxylic acids is 1. The summed E-state index contributed by atoms with van der Waals surface area (Å²) in [4.78, 5) is 28.7. The number of aliphatic carboxylic acids is 1. The van der Waals surface area contributed by atoms with E-state index in [9.17, 15) is 19.1 Å². The molecule has 0 bridgehead atoms. The van der Waals surface area contributed by atoms with Crippen molar-refractivity contribution in [3.8, 4) is 0 Å². The van der Waals surface area contributed by atoms with Crippen LogP contribution < -0.4 is 5.32 Å². The van der Waals surface area contributed by atoms with Crippen molar-refractivity contribution < 1.29 is 19.1 Å². The average molecular weight is 457 g/mol. The molecular weight excluding hydrogens is 435 g/mol. The Kier molecular flexibility index (Phi) is 6.48. The van der Waals surface area contributed by atoms with Gasteiger partial charge in [-0.25, -0.2) is 9.18 Å². The van der Waals surface area contributed by atoms with Crippen molar-refractivity contribution in [2.45, 2.75) is 18.4 Å². The highest BCUT2D eigenvalue weighted by atomic mass is 32.2. The highest BCUT2D eigenvalue weighted by molar-refractivity contribution is 8.16. The third-order valence-corrected chi connectivity index (χ3v) is 7.45. The molecule has 1 aliphatic carbocycles. The lowest BCUT2D eigenvalue weighted by atomic mass is 9.92. The number of carboxylic acid groups (broad SMARTS) is 1. The Morgan fingerprint density at radius 3 is 2.81 bits per heavy atom. The van der Waals surface area contributed by atoms with Gasteiger partial charge in [0.25, 0.3) is 0 Å². The summed E-state index contributed by atoms with van der Waals surface area (Å²) in [6.07, 6.45) is 2.79. The Balaban J connectivity index is 1.34. The standard InChI is InChI=1S/C23H21FN2O3S2/c24-18-7-6-16-8-15(9-17(16)10-18)11-23(22(28)29)14-31-21(26-23)13-30-12-20(27)25-19-4-2-1-3-5-19/h1-8,10H,9,11-14H2,(H,25,27)(H,28,29). The van der Waals surface area contributed by atoms with E-state index in [1.165, 1.54) is 35.7 Å². The largest absolute Gasteiger partial charge is 0.479 e. The molecular formula is C23H21FN2O3S2. The molecule has 1 unspecified atom stereocenters. The molecule has 2 aliphatic rings. The number of nitrogens with zero attached hydrogens (tertiary/aromatic N) is 1. The van der Waals surface area contributed by atoms with Crippen LogP contribution in [0.5, 0.6) is 0 Å². The van der Waals surface area contributed by atoms with E-state index in [1.807, 2.05) is 36.4 Å². The van der Waals surface area contributed by atoms with Gasteiger partial charge in [0.2, 0.25) is 5.91 Å². The van der Waals surface area contributed by atoms with Gasteiger partial charge in [-0.05, 0) is 41.8 Å². The number of anilines is 1. The van der Waals surface area contributed by atoms with E-state index in [1.54, 1.807) is 6.07 Å². The molecule has 0 spiro atoms. The van der Waals surface area contributed by atoms with Crippen molar-refractivity contribution in [1.29, 1.82) is 0 Å². The van der Waals surface area contributed by atoms with Gasteiger partial charge in [-0.1, -0.05) is 35.9 Å². The highest BCUT2D eigenvalue weighted by Gasteiger charge is 2.44. The van der Waals surface area contributed by atoms with Crippen LogP contribution in [0.25, 0.3) is 6.08 Å². The van der Waals surface area contributed by atoms with Gasteiger partial charge in [-0.15, -0.1) is 23.5 Å². The van der Waals surface area contributed by atoms with Gasteiger partial charge in [-0.2, -0.15) is 0 Å². The summed E-state index contributed by atoms with van der Waals surface area (Å²) >= 11 is 2.84. The van der Waals surface area contributed by atoms with Gasteiger partial charge in [0.1, 0.15) is 5.82 Å². The first-order valence-corrected chi connectivity index (χ1v) is 11.9. The van der Waals surface area contributed by atoms with Gasteiger partial charge in [-0.3, -0.25) is 9.79 Å². The van der Waals surface area contributed by atoms with Crippen molar-refractivity contribution in [2.75, 3.05) is 22.6 Å². The predicted octanol–water partition coefficient (Wildman–Crippen LogP) is 4.50. The molecule has 160 valence electrons. The van der Waals surface area contributed by atoms with E-state index in [4.69, 9.17) is 0 Å². The third kappa shape index (κ3) is 5.19. The molecule has 1 aliphatic heterocycles. The molecule has 0 aromatic heterocycles. The minimum absolute atomic E-state index is 0.106. The number of halogens is 1. The second-order valence-electron chi connectivity index (χ2n) is 7.54. The van der Waals surface area contributed by atoms with E-state index < -0.39 is 11.5 Å². The fraction of sp³-hybridized carbons (Fsp3) is 0.261. The normalized spacial score (nSPS) is 19.5. The minimum Gasteiger partial charge on any atom is -0.479 e. The van der Waals surface area contributed by atoms with Gasteiger partial charge >= 0.3 is 5.97 Å². The molecule has 2 aromatic rings. The van der Waals surface area contributed by atoms with Crippen LogP contribution in [0, 0.1) is 5.82 Å². The summed E-state index contributed by atoms with van der Waals surface area (Å²) in [5, 5.41) is 13.5. The molecule has 0 saturated carbocycles. The number of carbonyl (C=O) groups is 2. The number of nitrogens with one attached hydrogen (secondary N) is 1. The number of hydrogen-bond acceptors (Lipinski definition) is 5. The Bertz CT molecular complexity index is 1070. The highest BCUT2D eigenvalue weighted by Crippen LogP contribution is 2.38. The second kappa shape index (κ2) is 9.28. The van der Waals surface area contributed by atoms with Gasteiger partial charge < -0.3 is 10.4 Å². The molecule has 0 saturated heterocycles. The van der Waals surface area contributed by atoms with E-state index in [0.717, 1.165) is 27.4 Å². The van der Waals surface area contributed by atoms with Crippen molar-refractivity contribution >= 4 is 52.2 Å². The molecule has 5 nitrogen and oxygen atoms in total. The van der Waals surface area contributed by atoms with Crippen molar-refractivity contribution in [3.63, 3.8) is 0 Å². The van der Waals surface area contributed by atoms with Crippen LogP contribution in [-0.4, -0.2) is 44.8 Å². The molecule has 1 atom stereocenters. The molecule has 1 heterocycles. The summed E-state index contributed by atoms with van der Waals surface area (Å²) in [5.41, 5.74) is 2.30. The second-order valence-corrected chi connectivity index (χ2v) is 9.57. The van der Waals surface area contributed by atoms with Crippen LogP contribution in [0.15, 0.2) is 59.1 Å². The third-order valence-electron chi connectivity index (χ3n) is 5.13. The zero-order valence-electron chi connectivity index (χ0n) is 16.6. The summed E-state index contributed by atoms with van der Waals surface area (Å²) < 4.78 is 13.5. The number of para-hydroxylation sites is 1. The van der Waals surface area contributed by atoms with E-state index in [0.29, 0.717) is 24.3 Å². The number of thioether (sulfide) groups is 2. The van der Waals surface area contributed by atoms with Crippen LogP contribution in [0.3, 0.4) is 0 Å². The molecule has 31 heavy (non-hydrogen) atoms. The number of hydrogen-bond donors (Lipinski definition) is 2. The van der Waals surface area contributed by atoms with Gasteiger partial charge in [0, 0.05) is 23.6 Å². The Morgan fingerprint density at radius 1 is 1.23 bits per heavy atom.